The number of allylic oxidation sites excluding steroid dienone is 1. The predicted octanol–water partition coefficient (Wildman–Crippen LogP) is 3.96. The molecule has 0 bridgehead atoms. The van der Waals surface area contributed by atoms with Crippen LogP contribution in [0.5, 0.6) is 0 Å². The lowest BCUT2D eigenvalue weighted by atomic mass is 10.1. The first-order valence-corrected chi connectivity index (χ1v) is 5.53. The molecule has 0 nitrogen and oxygen atoms in total. The van der Waals surface area contributed by atoms with E-state index in [9.17, 15) is 0 Å². The number of halogens is 1. The average molecular weight is 239 g/mol. The zero-order chi connectivity index (χ0) is 9.52. The van der Waals surface area contributed by atoms with E-state index in [1.807, 2.05) is 6.08 Å². The fraction of sp³-hybridized carbons (Fsp3) is 0.333. The fourth-order valence-electron chi connectivity index (χ4n) is 1.27. The van der Waals surface area contributed by atoms with Crippen molar-refractivity contribution in [1.82, 2.24) is 0 Å². The summed E-state index contributed by atoms with van der Waals surface area (Å²) in [6.45, 7) is 3.73. The van der Waals surface area contributed by atoms with Crippen molar-refractivity contribution in [2.24, 2.45) is 0 Å². The zero-order valence-electron chi connectivity index (χ0n) is 7.75. The lowest BCUT2D eigenvalue weighted by molar-refractivity contribution is 0.777. The van der Waals surface area contributed by atoms with Gasteiger partial charge >= 0.3 is 0 Å². The fourth-order valence-corrected chi connectivity index (χ4v) is 1.76. The Morgan fingerprint density at radius 3 is 2.62 bits per heavy atom. The Bertz CT molecular complexity index is 241. The molecule has 0 aromatic heterocycles. The number of alkyl halides is 1. The van der Waals surface area contributed by atoms with Gasteiger partial charge in [-0.05, 0) is 24.8 Å². The van der Waals surface area contributed by atoms with Crippen molar-refractivity contribution in [2.75, 3.05) is 0 Å². The standard InChI is InChI=1S/C12H15Br/c1-2-6-12(13)10-9-11-7-4-3-5-8-11/h2-5,7-8,12H,1,6,9-10H2. The van der Waals surface area contributed by atoms with Crippen LogP contribution in [0.2, 0.25) is 0 Å². The first kappa shape index (κ1) is 10.5. The van der Waals surface area contributed by atoms with E-state index in [0.29, 0.717) is 4.83 Å². The molecule has 13 heavy (non-hydrogen) atoms. The molecule has 70 valence electrons. The molecule has 1 aromatic carbocycles. The quantitative estimate of drug-likeness (QED) is 0.539. The molecule has 0 aliphatic carbocycles. The third kappa shape index (κ3) is 4.28. The van der Waals surface area contributed by atoms with Crippen molar-refractivity contribution in [3.63, 3.8) is 0 Å². The van der Waals surface area contributed by atoms with Crippen molar-refractivity contribution >= 4 is 15.9 Å². The topological polar surface area (TPSA) is 0 Å². The van der Waals surface area contributed by atoms with Gasteiger partial charge in [0.15, 0.2) is 0 Å². The van der Waals surface area contributed by atoms with Gasteiger partial charge in [0.05, 0.1) is 0 Å². The number of rotatable bonds is 5. The summed E-state index contributed by atoms with van der Waals surface area (Å²) >= 11 is 3.62. The van der Waals surface area contributed by atoms with Crippen LogP contribution in [0, 0.1) is 0 Å². The van der Waals surface area contributed by atoms with Gasteiger partial charge in [0.2, 0.25) is 0 Å². The molecular formula is C12H15Br. The highest BCUT2D eigenvalue weighted by atomic mass is 79.9. The predicted molar refractivity (Wildman–Crippen MR) is 62.3 cm³/mol. The van der Waals surface area contributed by atoms with Gasteiger partial charge in [-0.15, -0.1) is 6.58 Å². The highest BCUT2D eigenvalue weighted by molar-refractivity contribution is 9.09. The molecule has 0 saturated heterocycles. The van der Waals surface area contributed by atoms with E-state index in [-0.39, 0.29) is 0 Å². The summed E-state index contributed by atoms with van der Waals surface area (Å²) in [7, 11) is 0. The minimum absolute atomic E-state index is 0.574. The molecule has 0 fully saturated rings. The molecule has 0 aliphatic rings. The van der Waals surface area contributed by atoms with Gasteiger partial charge in [-0.1, -0.05) is 52.3 Å². The van der Waals surface area contributed by atoms with E-state index in [1.54, 1.807) is 0 Å². The number of benzene rings is 1. The summed E-state index contributed by atoms with van der Waals surface area (Å²) in [5.74, 6) is 0. The van der Waals surface area contributed by atoms with Crippen LogP contribution in [-0.2, 0) is 6.42 Å². The molecule has 0 amide bonds. The van der Waals surface area contributed by atoms with Gasteiger partial charge in [0, 0.05) is 4.83 Å². The summed E-state index contributed by atoms with van der Waals surface area (Å²) in [4.78, 5) is 0.574. The van der Waals surface area contributed by atoms with Gasteiger partial charge < -0.3 is 0 Å². The van der Waals surface area contributed by atoms with Gasteiger partial charge in [0.25, 0.3) is 0 Å². The van der Waals surface area contributed by atoms with Crippen molar-refractivity contribution < 1.29 is 0 Å². The average Bonchev–Trinajstić information content (AvgIpc) is 2.17. The third-order valence-electron chi connectivity index (χ3n) is 2.01. The van der Waals surface area contributed by atoms with Crippen LogP contribution >= 0.6 is 15.9 Å². The second-order valence-corrected chi connectivity index (χ2v) is 4.44. The smallest absolute Gasteiger partial charge is 0.0183 e. The third-order valence-corrected chi connectivity index (χ3v) is 2.84. The SMILES string of the molecule is C=CCC(Br)CCc1ccccc1. The minimum Gasteiger partial charge on any atom is -0.103 e. The molecule has 0 saturated carbocycles. The van der Waals surface area contributed by atoms with Crippen LogP contribution in [0.3, 0.4) is 0 Å². The van der Waals surface area contributed by atoms with Crippen LogP contribution in [0.1, 0.15) is 18.4 Å². The molecule has 1 rings (SSSR count). The summed E-state index contributed by atoms with van der Waals surface area (Å²) in [5.41, 5.74) is 1.41. The summed E-state index contributed by atoms with van der Waals surface area (Å²) in [6, 6.07) is 10.6. The Hall–Kier alpha value is -0.560. The Morgan fingerprint density at radius 1 is 1.31 bits per heavy atom. The van der Waals surface area contributed by atoms with E-state index < -0.39 is 0 Å². The summed E-state index contributed by atoms with van der Waals surface area (Å²) < 4.78 is 0. The lowest BCUT2D eigenvalue weighted by Crippen LogP contribution is -1.98. The second-order valence-electron chi connectivity index (χ2n) is 3.15. The van der Waals surface area contributed by atoms with Crippen molar-refractivity contribution in [3.05, 3.63) is 48.6 Å². The molecule has 0 N–H and O–H groups in total. The summed E-state index contributed by atoms with van der Waals surface area (Å²) in [6.07, 6.45) is 5.33. The molecule has 0 heterocycles. The van der Waals surface area contributed by atoms with Crippen molar-refractivity contribution in [2.45, 2.75) is 24.1 Å². The Kier molecular flexibility index (Phi) is 4.84. The van der Waals surface area contributed by atoms with Crippen molar-refractivity contribution in [3.8, 4) is 0 Å². The molecular weight excluding hydrogens is 224 g/mol. The monoisotopic (exact) mass is 238 g/mol. The molecule has 0 aliphatic heterocycles. The minimum atomic E-state index is 0.574. The molecule has 1 aromatic rings. The van der Waals surface area contributed by atoms with Crippen molar-refractivity contribution in [1.29, 1.82) is 0 Å². The zero-order valence-corrected chi connectivity index (χ0v) is 9.33. The maximum absolute atomic E-state index is 3.73. The van der Waals surface area contributed by atoms with Crippen LogP contribution in [0.15, 0.2) is 43.0 Å². The van der Waals surface area contributed by atoms with E-state index in [1.165, 1.54) is 12.0 Å². The normalized spacial score (nSPS) is 12.4. The Morgan fingerprint density at radius 2 is 2.00 bits per heavy atom. The van der Waals surface area contributed by atoms with Gasteiger partial charge in [-0.25, -0.2) is 0 Å². The highest BCUT2D eigenvalue weighted by Crippen LogP contribution is 2.14. The van der Waals surface area contributed by atoms with E-state index in [2.05, 4.69) is 52.8 Å². The van der Waals surface area contributed by atoms with E-state index in [0.717, 1.165) is 12.8 Å². The Labute approximate surface area is 88.8 Å². The number of hydrogen-bond donors (Lipinski definition) is 0. The van der Waals surface area contributed by atoms with Crippen LogP contribution < -0.4 is 0 Å². The van der Waals surface area contributed by atoms with Crippen LogP contribution in [0.4, 0.5) is 0 Å². The molecule has 1 heteroatoms. The largest absolute Gasteiger partial charge is 0.103 e. The van der Waals surface area contributed by atoms with Crippen LogP contribution in [0.25, 0.3) is 0 Å². The maximum Gasteiger partial charge on any atom is 0.0183 e. The summed E-state index contributed by atoms with van der Waals surface area (Å²) in [5, 5.41) is 0. The first-order chi connectivity index (χ1) is 6.33. The van der Waals surface area contributed by atoms with Gasteiger partial charge in [0.1, 0.15) is 0 Å². The van der Waals surface area contributed by atoms with Crippen LogP contribution in [-0.4, -0.2) is 4.83 Å². The highest BCUT2D eigenvalue weighted by Gasteiger charge is 2.01. The molecule has 0 radical (unpaired) electrons. The maximum atomic E-state index is 3.73. The van der Waals surface area contributed by atoms with E-state index in [4.69, 9.17) is 0 Å². The van der Waals surface area contributed by atoms with Gasteiger partial charge in [-0.2, -0.15) is 0 Å². The second kappa shape index (κ2) is 5.98. The molecule has 0 spiro atoms. The van der Waals surface area contributed by atoms with E-state index >= 15 is 0 Å². The molecule has 1 atom stereocenters. The van der Waals surface area contributed by atoms with Gasteiger partial charge in [-0.3, -0.25) is 0 Å². The molecule has 1 unspecified atom stereocenters. The number of hydrogen-bond acceptors (Lipinski definition) is 0. The Balaban J connectivity index is 2.30. The lowest BCUT2D eigenvalue weighted by Gasteiger charge is -2.06. The number of aryl methyl sites for hydroxylation is 1. The first-order valence-electron chi connectivity index (χ1n) is 4.62.